The third kappa shape index (κ3) is 7.63. The summed E-state index contributed by atoms with van der Waals surface area (Å²) >= 11 is 0. The predicted molar refractivity (Wildman–Crippen MR) is 70.8 cm³/mol. The molecule has 0 spiro atoms. The van der Waals surface area contributed by atoms with Crippen molar-refractivity contribution in [2.24, 2.45) is 5.41 Å². The van der Waals surface area contributed by atoms with Crippen LogP contribution in [-0.2, 0) is 14.3 Å². The molecule has 0 aliphatic rings. The van der Waals surface area contributed by atoms with Gasteiger partial charge in [0.25, 0.3) is 0 Å². The maximum atomic E-state index is 11.0. The molecular formula is C13H27NO4. The van der Waals surface area contributed by atoms with E-state index in [1.807, 2.05) is 0 Å². The number of nitrogens with zero attached hydrogens (tertiary/aromatic N) is 1. The lowest BCUT2D eigenvalue weighted by molar-refractivity contribution is -0.147. The first-order chi connectivity index (χ1) is 8.44. The quantitative estimate of drug-likeness (QED) is 0.571. The number of ether oxygens (including phenoxy) is 2. The standard InChI is InChI=1S/C13H27NO4/c1-13(2,12(15)16)6-8-14(9-11-18-4)7-5-10-17-3/h5-11H2,1-4H3,(H,15,16). The summed E-state index contributed by atoms with van der Waals surface area (Å²) in [5.74, 6) is -0.744. The Morgan fingerprint density at radius 1 is 1.11 bits per heavy atom. The Bertz CT molecular complexity index is 231. The first-order valence-corrected chi connectivity index (χ1v) is 6.37. The summed E-state index contributed by atoms with van der Waals surface area (Å²) in [4.78, 5) is 13.3. The topological polar surface area (TPSA) is 59.0 Å². The van der Waals surface area contributed by atoms with Crippen molar-refractivity contribution in [1.29, 1.82) is 0 Å². The molecule has 5 heteroatoms. The van der Waals surface area contributed by atoms with Crippen LogP contribution in [0.25, 0.3) is 0 Å². The van der Waals surface area contributed by atoms with Crippen LogP contribution in [0, 0.1) is 5.41 Å². The van der Waals surface area contributed by atoms with Crippen molar-refractivity contribution >= 4 is 5.97 Å². The van der Waals surface area contributed by atoms with Gasteiger partial charge in [-0.05, 0) is 33.2 Å². The summed E-state index contributed by atoms with van der Waals surface area (Å²) in [5, 5.41) is 9.08. The number of carboxylic acids is 1. The number of carboxylic acid groups (broad SMARTS) is 1. The van der Waals surface area contributed by atoms with Gasteiger partial charge in [-0.3, -0.25) is 4.79 Å². The van der Waals surface area contributed by atoms with Crippen LogP contribution in [-0.4, -0.2) is 63.0 Å². The Hall–Kier alpha value is -0.650. The zero-order valence-electron chi connectivity index (χ0n) is 12.1. The second-order valence-corrected chi connectivity index (χ2v) is 5.12. The maximum Gasteiger partial charge on any atom is 0.309 e. The van der Waals surface area contributed by atoms with Crippen LogP contribution in [0.5, 0.6) is 0 Å². The minimum atomic E-state index is -0.744. The van der Waals surface area contributed by atoms with Gasteiger partial charge in [0.2, 0.25) is 0 Å². The van der Waals surface area contributed by atoms with Crippen LogP contribution in [0.3, 0.4) is 0 Å². The molecule has 1 N–H and O–H groups in total. The monoisotopic (exact) mass is 261 g/mol. The van der Waals surface area contributed by atoms with E-state index in [0.717, 1.165) is 32.7 Å². The van der Waals surface area contributed by atoms with Crippen LogP contribution >= 0.6 is 0 Å². The predicted octanol–water partition coefficient (Wildman–Crippen LogP) is 1.47. The van der Waals surface area contributed by atoms with Gasteiger partial charge in [-0.25, -0.2) is 0 Å². The molecule has 0 aliphatic carbocycles. The van der Waals surface area contributed by atoms with E-state index in [4.69, 9.17) is 14.6 Å². The molecule has 0 unspecified atom stereocenters. The van der Waals surface area contributed by atoms with Crippen molar-refractivity contribution in [1.82, 2.24) is 4.90 Å². The molecule has 0 rings (SSSR count). The van der Waals surface area contributed by atoms with E-state index in [1.54, 1.807) is 28.1 Å². The molecule has 0 aromatic carbocycles. The summed E-state index contributed by atoms with van der Waals surface area (Å²) in [6, 6.07) is 0. The van der Waals surface area contributed by atoms with Crippen LogP contribution in [0.2, 0.25) is 0 Å². The lowest BCUT2D eigenvalue weighted by Gasteiger charge is -2.26. The average Bonchev–Trinajstić information content (AvgIpc) is 2.32. The molecule has 0 aromatic heterocycles. The van der Waals surface area contributed by atoms with E-state index in [0.29, 0.717) is 13.0 Å². The largest absolute Gasteiger partial charge is 0.481 e. The fourth-order valence-corrected chi connectivity index (χ4v) is 1.53. The van der Waals surface area contributed by atoms with Crippen LogP contribution in [0.1, 0.15) is 26.7 Å². The molecule has 0 radical (unpaired) electrons. The molecule has 0 aromatic rings. The molecule has 0 heterocycles. The van der Waals surface area contributed by atoms with Gasteiger partial charge >= 0.3 is 5.97 Å². The minimum absolute atomic E-state index is 0.638. The maximum absolute atomic E-state index is 11.0. The summed E-state index contributed by atoms with van der Waals surface area (Å²) in [5.41, 5.74) is -0.674. The van der Waals surface area contributed by atoms with E-state index in [2.05, 4.69) is 4.90 Å². The fourth-order valence-electron chi connectivity index (χ4n) is 1.53. The molecule has 0 atom stereocenters. The van der Waals surface area contributed by atoms with Crippen molar-refractivity contribution < 1.29 is 19.4 Å². The number of hydrogen-bond donors (Lipinski definition) is 1. The SMILES string of the molecule is COCCCN(CCOC)CCC(C)(C)C(=O)O. The highest BCUT2D eigenvalue weighted by Crippen LogP contribution is 2.20. The number of aliphatic carboxylic acids is 1. The molecule has 0 bridgehead atoms. The highest BCUT2D eigenvalue weighted by molar-refractivity contribution is 5.73. The van der Waals surface area contributed by atoms with Gasteiger partial charge in [-0.1, -0.05) is 0 Å². The lowest BCUT2D eigenvalue weighted by Crippen LogP contribution is -2.35. The summed E-state index contributed by atoms with van der Waals surface area (Å²) < 4.78 is 10.1. The second-order valence-electron chi connectivity index (χ2n) is 5.12. The molecule has 0 saturated heterocycles. The number of carbonyl (C=O) groups is 1. The molecule has 0 amide bonds. The Labute approximate surface area is 110 Å². The minimum Gasteiger partial charge on any atom is -0.481 e. The van der Waals surface area contributed by atoms with Crippen molar-refractivity contribution in [2.75, 3.05) is 47.1 Å². The first-order valence-electron chi connectivity index (χ1n) is 6.37. The lowest BCUT2D eigenvalue weighted by atomic mass is 9.89. The molecule has 0 fully saturated rings. The molecular weight excluding hydrogens is 234 g/mol. The van der Waals surface area contributed by atoms with Crippen LogP contribution in [0.4, 0.5) is 0 Å². The van der Waals surface area contributed by atoms with Gasteiger partial charge in [0, 0.05) is 33.9 Å². The van der Waals surface area contributed by atoms with Crippen molar-refractivity contribution in [3.63, 3.8) is 0 Å². The highest BCUT2D eigenvalue weighted by atomic mass is 16.5. The number of methoxy groups -OCH3 is 2. The van der Waals surface area contributed by atoms with Crippen LogP contribution in [0.15, 0.2) is 0 Å². The summed E-state index contributed by atoms with van der Waals surface area (Å²) in [6.07, 6.45) is 1.59. The van der Waals surface area contributed by atoms with Gasteiger partial charge < -0.3 is 19.5 Å². The zero-order valence-corrected chi connectivity index (χ0v) is 12.1. The van der Waals surface area contributed by atoms with Gasteiger partial charge in [-0.15, -0.1) is 0 Å². The van der Waals surface area contributed by atoms with E-state index in [1.165, 1.54) is 0 Å². The summed E-state index contributed by atoms with van der Waals surface area (Å²) in [6.45, 7) is 7.43. The van der Waals surface area contributed by atoms with E-state index < -0.39 is 11.4 Å². The van der Waals surface area contributed by atoms with Crippen molar-refractivity contribution in [2.45, 2.75) is 26.7 Å². The molecule has 0 aliphatic heterocycles. The fraction of sp³-hybridized carbons (Fsp3) is 0.923. The molecule has 18 heavy (non-hydrogen) atoms. The molecule has 5 nitrogen and oxygen atoms in total. The third-order valence-corrected chi connectivity index (χ3v) is 3.07. The Kier molecular flexibility index (Phi) is 8.97. The van der Waals surface area contributed by atoms with Crippen molar-refractivity contribution in [3.8, 4) is 0 Å². The Balaban J connectivity index is 4.09. The second kappa shape index (κ2) is 9.30. The molecule has 0 saturated carbocycles. The van der Waals surface area contributed by atoms with Gasteiger partial charge in [-0.2, -0.15) is 0 Å². The van der Waals surface area contributed by atoms with Gasteiger partial charge in [0.05, 0.1) is 12.0 Å². The van der Waals surface area contributed by atoms with Gasteiger partial charge in [0.1, 0.15) is 0 Å². The van der Waals surface area contributed by atoms with E-state index >= 15 is 0 Å². The number of rotatable bonds is 11. The third-order valence-electron chi connectivity index (χ3n) is 3.07. The Morgan fingerprint density at radius 2 is 1.72 bits per heavy atom. The van der Waals surface area contributed by atoms with Gasteiger partial charge in [0.15, 0.2) is 0 Å². The van der Waals surface area contributed by atoms with E-state index in [9.17, 15) is 4.79 Å². The zero-order chi connectivity index (χ0) is 14.0. The number of hydrogen-bond acceptors (Lipinski definition) is 4. The summed E-state index contributed by atoms with van der Waals surface area (Å²) in [7, 11) is 3.36. The van der Waals surface area contributed by atoms with Crippen molar-refractivity contribution in [3.05, 3.63) is 0 Å². The Morgan fingerprint density at radius 3 is 2.22 bits per heavy atom. The van der Waals surface area contributed by atoms with E-state index in [-0.39, 0.29) is 0 Å². The van der Waals surface area contributed by atoms with Crippen LogP contribution < -0.4 is 0 Å². The average molecular weight is 261 g/mol. The first kappa shape index (κ1) is 17.4. The molecule has 108 valence electrons. The normalized spacial score (nSPS) is 12.1. The smallest absolute Gasteiger partial charge is 0.309 e. The highest BCUT2D eigenvalue weighted by Gasteiger charge is 2.27.